The maximum Gasteiger partial charge on any atom is 0.176 e. The zero-order valence-electron chi connectivity index (χ0n) is 14.0. The molecule has 1 aromatic carbocycles. The van der Waals surface area contributed by atoms with E-state index in [-0.39, 0.29) is 5.78 Å². The summed E-state index contributed by atoms with van der Waals surface area (Å²) in [6, 6.07) is 6.01. The Bertz CT molecular complexity index is 439. The van der Waals surface area contributed by atoms with Gasteiger partial charge in [-0.25, -0.2) is 0 Å². The Morgan fingerprint density at radius 3 is 2.48 bits per heavy atom. The summed E-state index contributed by atoms with van der Waals surface area (Å²) in [6.07, 6.45) is 2.31. The van der Waals surface area contributed by atoms with Gasteiger partial charge in [-0.2, -0.15) is 0 Å². The Kier molecular flexibility index (Phi) is 8.24. The van der Waals surface area contributed by atoms with Gasteiger partial charge in [-0.15, -0.1) is 0 Å². The van der Waals surface area contributed by atoms with Crippen LogP contribution in [0.4, 0.5) is 0 Å². The molecule has 0 fully saturated rings. The first-order chi connectivity index (χ1) is 10.1. The van der Waals surface area contributed by atoms with Gasteiger partial charge in [0.1, 0.15) is 0 Å². The monoisotopic (exact) mass is 290 g/mol. The first-order valence-electron chi connectivity index (χ1n) is 8.12. The largest absolute Gasteiger partial charge is 0.310 e. The Balaban J connectivity index is 2.22. The molecule has 0 heterocycles. The first kappa shape index (κ1) is 17.9. The average Bonchev–Trinajstić information content (AvgIpc) is 2.46. The van der Waals surface area contributed by atoms with Crippen LogP contribution in [0.25, 0.3) is 0 Å². The fourth-order valence-electron chi connectivity index (χ4n) is 2.55. The highest BCUT2D eigenvalue weighted by Gasteiger charge is 2.08. The molecule has 3 nitrogen and oxygen atoms in total. The van der Waals surface area contributed by atoms with Gasteiger partial charge in [0, 0.05) is 5.56 Å². The molecular weight excluding hydrogens is 260 g/mol. The minimum absolute atomic E-state index is 0.191. The summed E-state index contributed by atoms with van der Waals surface area (Å²) in [7, 11) is 0. The number of ketones is 1. The SMILES string of the molecule is CCN(CC)CCCCNCC(=O)c1ccc(C)cc1C. The lowest BCUT2D eigenvalue weighted by atomic mass is 10.0. The summed E-state index contributed by atoms with van der Waals surface area (Å²) in [5.41, 5.74) is 3.12. The summed E-state index contributed by atoms with van der Waals surface area (Å²) >= 11 is 0. The lowest BCUT2D eigenvalue weighted by Gasteiger charge is -2.17. The van der Waals surface area contributed by atoms with Crippen molar-refractivity contribution >= 4 is 5.78 Å². The molecule has 1 N–H and O–H groups in total. The van der Waals surface area contributed by atoms with E-state index in [0.29, 0.717) is 6.54 Å². The highest BCUT2D eigenvalue weighted by molar-refractivity contribution is 5.98. The summed E-state index contributed by atoms with van der Waals surface area (Å²) in [6.45, 7) is 13.2. The van der Waals surface area contributed by atoms with Crippen LogP contribution in [0.1, 0.15) is 48.2 Å². The van der Waals surface area contributed by atoms with Crippen molar-refractivity contribution in [1.82, 2.24) is 10.2 Å². The standard InChI is InChI=1S/C18H30N2O/c1-5-20(6-2)12-8-7-11-19-14-18(21)17-10-9-15(3)13-16(17)4/h9-10,13,19H,5-8,11-12,14H2,1-4H3. The molecule has 0 aliphatic rings. The maximum absolute atomic E-state index is 12.1. The molecule has 118 valence electrons. The molecule has 21 heavy (non-hydrogen) atoms. The zero-order valence-corrected chi connectivity index (χ0v) is 14.0. The lowest BCUT2D eigenvalue weighted by molar-refractivity contribution is 0.0990. The minimum atomic E-state index is 0.191. The van der Waals surface area contributed by atoms with Gasteiger partial charge in [-0.1, -0.05) is 37.6 Å². The van der Waals surface area contributed by atoms with Crippen molar-refractivity contribution in [3.63, 3.8) is 0 Å². The van der Waals surface area contributed by atoms with Gasteiger partial charge in [-0.3, -0.25) is 4.79 Å². The van der Waals surface area contributed by atoms with E-state index in [1.54, 1.807) is 0 Å². The molecule has 0 saturated carbocycles. The molecule has 0 unspecified atom stereocenters. The molecule has 1 aromatic rings. The van der Waals surface area contributed by atoms with Crippen LogP contribution >= 0.6 is 0 Å². The van der Waals surface area contributed by atoms with E-state index in [2.05, 4.69) is 37.1 Å². The third-order valence-electron chi connectivity index (χ3n) is 3.94. The Labute approximate surface area is 129 Å². The number of aryl methyl sites for hydroxylation is 2. The highest BCUT2D eigenvalue weighted by Crippen LogP contribution is 2.10. The Morgan fingerprint density at radius 1 is 1.14 bits per heavy atom. The van der Waals surface area contributed by atoms with Crippen LogP contribution in [0.3, 0.4) is 0 Å². The molecule has 3 heteroatoms. The number of nitrogens with zero attached hydrogens (tertiary/aromatic N) is 1. The van der Waals surface area contributed by atoms with Crippen molar-refractivity contribution in [2.75, 3.05) is 32.7 Å². The topological polar surface area (TPSA) is 32.3 Å². The maximum atomic E-state index is 12.1. The van der Waals surface area contributed by atoms with Gasteiger partial charge in [0.05, 0.1) is 6.54 Å². The first-order valence-corrected chi connectivity index (χ1v) is 8.12. The molecule has 0 radical (unpaired) electrons. The third-order valence-corrected chi connectivity index (χ3v) is 3.94. The number of nitrogens with one attached hydrogen (secondary N) is 1. The second-order valence-electron chi connectivity index (χ2n) is 5.65. The summed E-state index contributed by atoms with van der Waals surface area (Å²) in [5.74, 6) is 0.191. The van der Waals surface area contributed by atoms with Crippen LogP contribution in [0, 0.1) is 13.8 Å². The number of benzene rings is 1. The summed E-state index contributed by atoms with van der Waals surface area (Å²) < 4.78 is 0. The number of carbonyl (C=O) groups is 1. The molecule has 0 amide bonds. The van der Waals surface area contributed by atoms with Crippen LogP contribution < -0.4 is 5.32 Å². The van der Waals surface area contributed by atoms with Crippen LogP contribution in [-0.4, -0.2) is 43.4 Å². The number of rotatable bonds is 10. The van der Waals surface area contributed by atoms with E-state index in [4.69, 9.17) is 0 Å². The average molecular weight is 290 g/mol. The van der Waals surface area contributed by atoms with Gasteiger partial charge in [0.15, 0.2) is 5.78 Å². The molecular formula is C18H30N2O. The van der Waals surface area contributed by atoms with Crippen molar-refractivity contribution in [1.29, 1.82) is 0 Å². The van der Waals surface area contributed by atoms with Crippen molar-refractivity contribution in [2.45, 2.75) is 40.5 Å². The fourth-order valence-corrected chi connectivity index (χ4v) is 2.55. The second kappa shape index (κ2) is 9.69. The highest BCUT2D eigenvalue weighted by atomic mass is 16.1. The smallest absolute Gasteiger partial charge is 0.176 e. The van der Waals surface area contributed by atoms with Gasteiger partial charge in [-0.05, 0) is 58.4 Å². The van der Waals surface area contributed by atoms with Crippen molar-refractivity contribution in [3.8, 4) is 0 Å². The molecule has 0 saturated heterocycles. The lowest BCUT2D eigenvalue weighted by Crippen LogP contribution is -2.27. The number of Topliss-reactive ketones (excluding diaryl/α,β-unsaturated/α-hetero) is 1. The molecule has 0 spiro atoms. The molecule has 0 aliphatic carbocycles. The number of hydrogen-bond acceptors (Lipinski definition) is 3. The Morgan fingerprint density at radius 2 is 1.86 bits per heavy atom. The van der Waals surface area contributed by atoms with Crippen molar-refractivity contribution in [3.05, 3.63) is 34.9 Å². The quantitative estimate of drug-likeness (QED) is 0.530. The predicted molar refractivity (Wildman–Crippen MR) is 90.1 cm³/mol. The van der Waals surface area contributed by atoms with Gasteiger partial charge in [0.2, 0.25) is 0 Å². The van der Waals surface area contributed by atoms with E-state index in [1.807, 2.05) is 19.1 Å². The summed E-state index contributed by atoms with van der Waals surface area (Å²) in [5, 5.41) is 3.27. The predicted octanol–water partition coefficient (Wildman–Crippen LogP) is 3.20. The van der Waals surface area contributed by atoms with Gasteiger partial charge in [0.25, 0.3) is 0 Å². The molecule has 0 aromatic heterocycles. The van der Waals surface area contributed by atoms with Crippen molar-refractivity contribution < 1.29 is 4.79 Å². The molecule has 1 rings (SSSR count). The van der Waals surface area contributed by atoms with E-state index in [0.717, 1.165) is 43.7 Å². The van der Waals surface area contributed by atoms with Crippen LogP contribution in [0.2, 0.25) is 0 Å². The number of hydrogen-bond donors (Lipinski definition) is 1. The van der Waals surface area contributed by atoms with E-state index in [9.17, 15) is 4.79 Å². The zero-order chi connectivity index (χ0) is 15.7. The van der Waals surface area contributed by atoms with Crippen LogP contribution in [-0.2, 0) is 0 Å². The summed E-state index contributed by atoms with van der Waals surface area (Å²) in [4.78, 5) is 14.6. The van der Waals surface area contributed by atoms with Gasteiger partial charge >= 0.3 is 0 Å². The number of carbonyl (C=O) groups excluding carboxylic acids is 1. The third kappa shape index (κ3) is 6.40. The fraction of sp³-hybridized carbons (Fsp3) is 0.611. The molecule has 0 bridgehead atoms. The van der Waals surface area contributed by atoms with Crippen molar-refractivity contribution in [2.24, 2.45) is 0 Å². The van der Waals surface area contributed by atoms with E-state index >= 15 is 0 Å². The van der Waals surface area contributed by atoms with Crippen LogP contribution in [0.5, 0.6) is 0 Å². The Hall–Kier alpha value is -1.19. The second-order valence-corrected chi connectivity index (χ2v) is 5.65. The minimum Gasteiger partial charge on any atom is -0.310 e. The van der Waals surface area contributed by atoms with E-state index < -0.39 is 0 Å². The normalized spacial score (nSPS) is 11.1. The molecule has 0 aliphatic heterocycles. The van der Waals surface area contributed by atoms with E-state index in [1.165, 1.54) is 12.0 Å². The molecule has 0 atom stereocenters. The van der Waals surface area contributed by atoms with Crippen LogP contribution in [0.15, 0.2) is 18.2 Å². The number of unbranched alkanes of at least 4 members (excludes halogenated alkanes) is 1. The van der Waals surface area contributed by atoms with Gasteiger partial charge < -0.3 is 10.2 Å².